The lowest BCUT2D eigenvalue weighted by molar-refractivity contribution is -0.117. The summed E-state index contributed by atoms with van der Waals surface area (Å²) in [5.41, 5.74) is -0.385. The first-order chi connectivity index (χ1) is 8.61. The van der Waals surface area contributed by atoms with E-state index < -0.39 is 26.3 Å². The van der Waals surface area contributed by atoms with E-state index in [1.54, 1.807) is 6.07 Å². The molecule has 0 aromatic heterocycles. The van der Waals surface area contributed by atoms with E-state index in [9.17, 15) is 17.6 Å². The second-order valence-electron chi connectivity index (χ2n) is 4.51. The number of nitrogens with one attached hydrogen (secondary N) is 1. The normalized spacial score (nSPS) is 11.7. The molecular formula is C12H13FN2O3S. The second-order valence-corrected chi connectivity index (χ2v) is 7.08. The van der Waals surface area contributed by atoms with Gasteiger partial charge in [0.25, 0.3) is 0 Å². The van der Waals surface area contributed by atoms with E-state index in [2.05, 4.69) is 5.32 Å². The molecule has 0 aliphatic rings. The fourth-order valence-electron chi connectivity index (χ4n) is 1.18. The molecular weight excluding hydrogens is 271 g/mol. The molecule has 0 fully saturated rings. The number of carbonyl (C=O) groups excluding carboxylic acids is 1. The number of nitriles is 1. The highest BCUT2D eigenvalue weighted by Gasteiger charge is 2.38. The first-order valence-corrected chi connectivity index (χ1v) is 7.20. The maximum absolute atomic E-state index is 13.3. The highest BCUT2D eigenvalue weighted by molar-refractivity contribution is 7.92. The third kappa shape index (κ3) is 2.90. The van der Waals surface area contributed by atoms with Gasteiger partial charge < -0.3 is 5.32 Å². The number of halogens is 1. The van der Waals surface area contributed by atoms with Gasteiger partial charge in [-0.2, -0.15) is 5.26 Å². The molecule has 0 heterocycles. The van der Waals surface area contributed by atoms with Crippen LogP contribution in [0.2, 0.25) is 0 Å². The fraction of sp³-hybridized carbons (Fsp3) is 0.333. The van der Waals surface area contributed by atoms with Crippen molar-refractivity contribution in [3.05, 3.63) is 29.6 Å². The SMILES string of the molecule is CC(C)(C(=O)Nc1cccc(F)c1C#N)S(C)(=O)=O. The molecule has 0 aliphatic heterocycles. The first-order valence-electron chi connectivity index (χ1n) is 5.31. The second kappa shape index (κ2) is 4.97. The van der Waals surface area contributed by atoms with Gasteiger partial charge >= 0.3 is 0 Å². The van der Waals surface area contributed by atoms with Gasteiger partial charge in [0.15, 0.2) is 9.84 Å². The maximum Gasteiger partial charge on any atom is 0.245 e. The third-order valence-electron chi connectivity index (χ3n) is 2.85. The van der Waals surface area contributed by atoms with Gasteiger partial charge in [0.1, 0.15) is 22.2 Å². The molecule has 0 radical (unpaired) electrons. The standard InChI is InChI=1S/C12H13FN2O3S/c1-12(2,19(3,17)18)11(16)15-10-6-4-5-9(13)8(10)7-14/h4-6H,1-3H3,(H,15,16). The number of nitrogens with zero attached hydrogens (tertiary/aromatic N) is 1. The number of amides is 1. The fourth-order valence-corrected chi connectivity index (χ4v) is 1.57. The smallest absolute Gasteiger partial charge is 0.245 e. The van der Waals surface area contributed by atoms with Gasteiger partial charge in [-0.25, -0.2) is 12.8 Å². The first kappa shape index (κ1) is 15.1. The molecule has 0 saturated heterocycles. The average Bonchev–Trinajstić information content (AvgIpc) is 2.27. The Bertz CT molecular complexity index is 660. The van der Waals surface area contributed by atoms with Crippen molar-refractivity contribution in [3.63, 3.8) is 0 Å². The molecule has 0 spiro atoms. The highest BCUT2D eigenvalue weighted by atomic mass is 32.2. The van der Waals surface area contributed by atoms with E-state index in [0.717, 1.165) is 12.3 Å². The molecule has 1 aromatic carbocycles. The minimum Gasteiger partial charge on any atom is -0.323 e. The number of sulfone groups is 1. The van der Waals surface area contributed by atoms with Crippen LogP contribution in [0.4, 0.5) is 10.1 Å². The molecule has 102 valence electrons. The molecule has 1 amide bonds. The largest absolute Gasteiger partial charge is 0.323 e. The summed E-state index contributed by atoms with van der Waals surface area (Å²) in [4.78, 5) is 11.9. The maximum atomic E-state index is 13.3. The highest BCUT2D eigenvalue weighted by Crippen LogP contribution is 2.22. The third-order valence-corrected chi connectivity index (χ3v) is 4.89. The Morgan fingerprint density at radius 3 is 2.47 bits per heavy atom. The Morgan fingerprint density at radius 2 is 2.00 bits per heavy atom. The topological polar surface area (TPSA) is 87.0 Å². The van der Waals surface area contributed by atoms with E-state index in [1.807, 2.05) is 0 Å². The summed E-state index contributed by atoms with van der Waals surface area (Å²) in [7, 11) is -3.64. The van der Waals surface area contributed by atoms with Crippen molar-refractivity contribution in [2.75, 3.05) is 11.6 Å². The molecule has 0 aliphatic carbocycles. The number of hydrogen-bond donors (Lipinski definition) is 1. The summed E-state index contributed by atoms with van der Waals surface area (Å²) >= 11 is 0. The molecule has 1 N–H and O–H groups in total. The van der Waals surface area contributed by atoms with Crippen LogP contribution in [-0.2, 0) is 14.6 Å². The molecule has 0 unspecified atom stereocenters. The minimum atomic E-state index is -3.64. The number of carbonyl (C=O) groups is 1. The van der Waals surface area contributed by atoms with Crippen LogP contribution in [0.1, 0.15) is 19.4 Å². The zero-order valence-corrected chi connectivity index (χ0v) is 11.5. The summed E-state index contributed by atoms with van der Waals surface area (Å²) < 4.78 is 34.7. The molecule has 19 heavy (non-hydrogen) atoms. The lowest BCUT2D eigenvalue weighted by atomic mass is 10.1. The van der Waals surface area contributed by atoms with Crippen LogP contribution in [0.5, 0.6) is 0 Å². The quantitative estimate of drug-likeness (QED) is 0.910. The van der Waals surface area contributed by atoms with Crippen LogP contribution in [0.15, 0.2) is 18.2 Å². The zero-order chi connectivity index (χ0) is 14.8. The van der Waals surface area contributed by atoms with Gasteiger partial charge in [-0.15, -0.1) is 0 Å². The van der Waals surface area contributed by atoms with Crippen molar-refractivity contribution in [1.29, 1.82) is 5.26 Å². The molecule has 0 bridgehead atoms. The summed E-state index contributed by atoms with van der Waals surface area (Å²) in [5, 5.41) is 11.1. The van der Waals surface area contributed by atoms with Gasteiger partial charge in [-0.1, -0.05) is 6.07 Å². The van der Waals surface area contributed by atoms with Crippen LogP contribution < -0.4 is 5.32 Å². The lowest BCUT2D eigenvalue weighted by Crippen LogP contribution is -2.44. The van der Waals surface area contributed by atoms with Crippen molar-refractivity contribution < 1.29 is 17.6 Å². The molecule has 0 atom stereocenters. The molecule has 7 heteroatoms. The van der Waals surface area contributed by atoms with E-state index in [1.165, 1.54) is 26.0 Å². The Labute approximate surface area is 111 Å². The summed E-state index contributed by atoms with van der Waals surface area (Å²) in [6.07, 6.45) is 0.934. The monoisotopic (exact) mass is 284 g/mol. The Morgan fingerprint density at radius 1 is 1.42 bits per heavy atom. The van der Waals surface area contributed by atoms with E-state index in [4.69, 9.17) is 5.26 Å². The van der Waals surface area contributed by atoms with Gasteiger partial charge in [0, 0.05) is 6.26 Å². The van der Waals surface area contributed by atoms with Crippen LogP contribution >= 0.6 is 0 Å². The molecule has 1 aromatic rings. The van der Waals surface area contributed by atoms with Gasteiger partial charge in [-0.05, 0) is 26.0 Å². The summed E-state index contributed by atoms with van der Waals surface area (Å²) in [6.45, 7) is 2.48. The predicted octanol–water partition coefficient (Wildman–Crippen LogP) is 1.46. The van der Waals surface area contributed by atoms with Crippen LogP contribution in [0, 0.1) is 17.1 Å². The van der Waals surface area contributed by atoms with Crippen LogP contribution in [-0.4, -0.2) is 25.3 Å². The lowest BCUT2D eigenvalue weighted by Gasteiger charge is -2.21. The zero-order valence-electron chi connectivity index (χ0n) is 10.7. The Balaban J connectivity index is 3.16. The Hall–Kier alpha value is -1.94. The predicted molar refractivity (Wildman–Crippen MR) is 68.7 cm³/mol. The summed E-state index contributed by atoms with van der Waals surface area (Å²) in [6, 6.07) is 5.35. The molecule has 5 nitrogen and oxygen atoms in total. The van der Waals surface area contributed by atoms with Gasteiger partial charge in [-0.3, -0.25) is 4.79 Å². The number of hydrogen-bond acceptors (Lipinski definition) is 4. The van der Waals surface area contributed by atoms with Crippen LogP contribution in [0.25, 0.3) is 0 Å². The number of anilines is 1. The van der Waals surface area contributed by atoms with Crippen molar-refractivity contribution in [2.45, 2.75) is 18.6 Å². The van der Waals surface area contributed by atoms with E-state index in [0.29, 0.717) is 0 Å². The van der Waals surface area contributed by atoms with Crippen molar-refractivity contribution in [1.82, 2.24) is 0 Å². The summed E-state index contributed by atoms with van der Waals surface area (Å²) in [5.74, 6) is -1.60. The van der Waals surface area contributed by atoms with Crippen LogP contribution in [0.3, 0.4) is 0 Å². The van der Waals surface area contributed by atoms with Crippen molar-refractivity contribution in [3.8, 4) is 6.07 Å². The van der Waals surface area contributed by atoms with Crippen molar-refractivity contribution in [2.24, 2.45) is 0 Å². The van der Waals surface area contributed by atoms with Crippen molar-refractivity contribution >= 4 is 21.4 Å². The van der Waals surface area contributed by atoms with E-state index in [-0.39, 0.29) is 11.3 Å². The number of benzene rings is 1. The molecule has 0 saturated carbocycles. The van der Waals surface area contributed by atoms with Gasteiger partial charge in [0.2, 0.25) is 5.91 Å². The minimum absolute atomic E-state index is 0.0516. The molecule has 1 rings (SSSR count). The number of rotatable bonds is 3. The van der Waals surface area contributed by atoms with E-state index >= 15 is 0 Å². The average molecular weight is 284 g/mol. The van der Waals surface area contributed by atoms with Gasteiger partial charge in [0.05, 0.1) is 5.69 Å². The Kier molecular flexibility index (Phi) is 3.96.